The summed E-state index contributed by atoms with van der Waals surface area (Å²) in [6, 6.07) is 4.88. The molecule has 1 atom stereocenters. The van der Waals surface area contributed by atoms with Gasteiger partial charge in [0.1, 0.15) is 11.8 Å². The first-order valence-corrected chi connectivity index (χ1v) is 5.84. The monoisotopic (exact) mass is 251 g/mol. The van der Waals surface area contributed by atoms with E-state index in [9.17, 15) is 4.79 Å². The molecular formula is C13H21N3O2. The van der Waals surface area contributed by atoms with E-state index in [2.05, 4.69) is 13.8 Å². The molecule has 0 heterocycles. The van der Waals surface area contributed by atoms with Crippen LogP contribution in [-0.4, -0.2) is 25.1 Å². The number of hydrogen-bond donors (Lipinski definition) is 2. The summed E-state index contributed by atoms with van der Waals surface area (Å²) in [5.41, 5.74) is 7.70. The van der Waals surface area contributed by atoms with Crippen LogP contribution in [0.4, 0.5) is 0 Å². The van der Waals surface area contributed by atoms with Crippen molar-refractivity contribution in [3.63, 3.8) is 0 Å². The van der Waals surface area contributed by atoms with Gasteiger partial charge in [-0.05, 0) is 23.6 Å². The van der Waals surface area contributed by atoms with Crippen LogP contribution in [0.15, 0.2) is 18.2 Å². The molecule has 5 nitrogen and oxygen atoms in total. The Balaban J connectivity index is 3.19. The number of rotatable bonds is 4. The highest BCUT2D eigenvalue weighted by Gasteiger charge is 2.22. The first-order chi connectivity index (χ1) is 8.38. The predicted molar refractivity (Wildman–Crippen MR) is 71.0 cm³/mol. The Hall–Kier alpha value is -1.59. The summed E-state index contributed by atoms with van der Waals surface area (Å²) >= 11 is 0. The van der Waals surface area contributed by atoms with E-state index in [-0.39, 0.29) is 5.91 Å². The van der Waals surface area contributed by atoms with Crippen molar-refractivity contribution in [1.29, 1.82) is 0 Å². The number of hydrazine groups is 1. The van der Waals surface area contributed by atoms with Gasteiger partial charge < -0.3 is 10.5 Å². The highest BCUT2D eigenvalue weighted by Crippen LogP contribution is 2.28. The molecule has 100 valence electrons. The number of carbonyl (C=O) groups is 1. The van der Waals surface area contributed by atoms with Crippen molar-refractivity contribution < 1.29 is 9.53 Å². The van der Waals surface area contributed by atoms with E-state index < -0.39 is 6.04 Å². The molecular weight excluding hydrogens is 230 g/mol. The summed E-state index contributed by atoms with van der Waals surface area (Å²) in [6.45, 7) is 4.15. The van der Waals surface area contributed by atoms with Gasteiger partial charge in [-0.3, -0.25) is 9.80 Å². The SMILES string of the molecule is COc1ccc(C(C)C)cc1C(N)C(=O)N(C)N. The molecule has 0 fully saturated rings. The lowest BCUT2D eigenvalue weighted by Crippen LogP contribution is -2.40. The molecule has 0 radical (unpaired) electrons. The molecule has 1 aromatic rings. The topological polar surface area (TPSA) is 81.6 Å². The molecule has 0 saturated carbocycles. The number of likely N-dealkylation sites (N-methyl/N-ethyl adjacent to an activating group) is 1. The standard InChI is InChI=1S/C13H21N3O2/c1-8(2)9-5-6-11(18-4)10(7-9)12(14)13(17)16(3)15/h5-8,12H,14-15H2,1-4H3. The molecule has 0 aliphatic rings. The Morgan fingerprint density at radius 3 is 2.44 bits per heavy atom. The molecule has 18 heavy (non-hydrogen) atoms. The van der Waals surface area contributed by atoms with Gasteiger partial charge in [-0.1, -0.05) is 19.9 Å². The molecule has 4 N–H and O–H groups in total. The largest absolute Gasteiger partial charge is 0.496 e. The van der Waals surface area contributed by atoms with E-state index in [1.165, 1.54) is 7.05 Å². The molecule has 1 unspecified atom stereocenters. The van der Waals surface area contributed by atoms with Gasteiger partial charge in [0.15, 0.2) is 0 Å². The van der Waals surface area contributed by atoms with Crippen LogP contribution in [0, 0.1) is 0 Å². The highest BCUT2D eigenvalue weighted by atomic mass is 16.5. The maximum atomic E-state index is 11.8. The molecule has 0 aromatic heterocycles. The number of carbonyl (C=O) groups excluding carboxylic acids is 1. The van der Waals surface area contributed by atoms with Crippen LogP contribution in [0.3, 0.4) is 0 Å². The van der Waals surface area contributed by atoms with Crippen LogP contribution < -0.4 is 16.3 Å². The molecule has 0 aliphatic carbocycles. The van der Waals surface area contributed by atoms with Gasteiger partial charge in [0.05, 0.1) is 7.11 Å². The zero-order chi connectivity index (χ0) is 13.9. The fourth-order valence-corrected chi connectivity index (χ4v) is 1.71. The Kier molecular flexibility index (Phi) is 4.69. The number of ether oxygens (including phenoxy) is 1. The minimum Gasteiger partial charge on any atom is -0.496 e. The lowest BCUT2D eigenvalue weighted by molar-refractivity contribution is -0.131. The van der Waals surface area contributed by atoms with Gasteiger partial charge in [0.2, 0.25) is 0 Å². The minimum atomic E-state index is -0.811. The molecule has 0 saturated heterocycles. The van der Waals surface area contributed by atoms with Crippen LogP contribution in [0.2, 0.25) is 0 Å². The van der Waals surface area contributed by atoms with Crippen molar-refractivity contribution in [2.45, 2.75) is 25.8 Å². The number of nitrogens with two attached hydrogens (primary N) is 2. The third-order valence-corrected chi connectivity index (χ3v) is 2.87. The molecule has 5 heteroatoms. The van der Waals surface area contributed by atoms with E-state index >= 15 is 0 Å². The number of nitrogens with zero attached hydrogens (tertiary/aromatic N) is 1. The number of amides is 1. The smallest absolute Gasteiger partial charge is 0.257 e. The van der Waals surface area contributed by atoms with Gasteiger partial charge in [0.25, 0.3) is 5.91 Å². The van der Waals surface area contributed by atoms with E-state index in [1.807, 2.05) is 18.2 Å². The highest BCUT2D eigenvalue weighted by molar-refractivity contribution is 5.83. The third kappa shape index (κ3) is 3.00. The quantitative estimate of drug-likeness (QED) is 0.478. The zero-order valence-corrected chi connectivity index (χ0v) is 11.3. The van der Waals surface area contributed by atoms with Gasteiger partial charge in [-0.25, -0.2) is 5.84 Å². The third-order valence-electron chi connectivity index (χ3n) is 2.87. The van der Waals surface area contributed by atoms with E-state index in [4.69, 9.17) is 16.3 Å². The van der Waals surface area contributed by atoms with Crippen molar-refractivity contribution in [1.82, 2.24) is 5.01 Å². The second kappa shape index (κ2) is 5.84. The molecule has 1 rings (SSSR count). The second-order valence-corrected chi connectivity index (χ2v) is 4.58. The van der Waals surface area contributed by atoms with E-state index in [0.717, 1.165) is 10.6 Å². The normalized spacial score (nSPS) is 12.4. The summed E-state index contributed by atoms with van der Waals surface area (Å²) in [6.07, 6.45) is 0. The molecule has 1 amide bonds. The summed E-state index contributed by atoms with van der Waals surface area (Å²) in [5, 5.41) is 0.992. The predicted octanol–water partition coefficient (Wildman–Crippen LogP) is 1.15. The fourth-order valence-electron chi connectivity index (χ4n) is 1.71. The number of hydrogen-bond acceptors (Lipinski definition) is 4. The van der Waals surface area contributed by atoms with Gasteiger partial charge >= 0.3 is 0 Å². The van der Waals surface area contributed by atoms with Crippen LogP contribution >= 0.6 is 0 Å². The number of benzene rings is 1. The Morgan fingerprint density at radius 1 is 1.39 bits per heavy atom. The lowest BCUT2D eigenvalue weighted by Gasteiger charge is -2.20. The van der Waals surface area contributed by atoms with Crippen molar-refractivity contribution in [3.8, 4) is 5.75 Å². The molecule has 0 bridgehead atoms. The summed E-state index contributed by atoms with van der Waals surface area (Å²) in [4.78, 5) is 11.8. The lowest BCUT2D eigenvalue weighted by atomic mass is 9.96. The fraction of sp³-hybridized carbons (Fsp3) is 0.462. The molecule has 0 aliphatic heterocycles. The van der Waals surface area contributed by atoms with Gasteiger partial charge in [-0.2, -0.15) is 0 Å². The van der Waals surface area contributed by atoms with Crippen LogP contribution in [0.1, 0.15) is 36.9 Å². The molecule has 0 spiro atoms. The summed E-state index contributed by atoms with van der Waals surface area (Å²) in [7, 11) is 3.03. The van der Waals surface area contributed by atoms with Crippen molar-refractivity contribution in [2.24, 2.45) is 11.6 Å². The second-order valence-electron chi connectivity index (χ2n) is 4.58. The Bertz CT molecular complexity index is 430. The summed E-state index contributed by atoms with van der Waals surface area (Å²) < 4.78 is 5.24. The van der Waals surface area contributed by atoms with Crippen LogP contribution in [0.5, 0.6) is 5.75 Å². The Labute approximate surface area is 108 Å². The zero-order valence-electron chi connectivity index (χ0n) is 11.3. The maximum Gasteiger partial charge on any atom is 0.257 e. The van der Waals surface area contributed by atoms with Gasteiger partial charge in [0, 0.05) is 12.6 Å². The summed E-state index contributed by atoms with van der Waals surface area (Å²) in [5.74, 6) is 6.03. The average Bonchev–Trinajstić information content (AvgIpc) is 2.35. The maximum absolute atomic E-state index is 11.8. The van der Waals surface area contributed by atoms with Crippen molar-refractivity contribution >= 4 is 5.91 Å². The Morgan fingerprint density at radius 2 is 2.00 bits per heavy atom. The van der Waals surface area contributed by atoms with E-state index in [0.29, 0.717) is 17.2 Å². The van der Waals surface area contributed by atoms with Crippen molar-refractivity contribution in [2.75, 3.05) is 14.2 Å². The molecule has 1 aromatic carbocycles. The van der Waals surface area contributed by atoms with Crippen molar-refractivity contribution in [3.05, 3.63) is 29.3 Å². The van der Waals surface area contributed by atoms with Gasteiger partial charge in [-0.15, -0.1) is 0 Å². The average molecular weight is 251 g/mol. The minimum absolute atomic E-state index is 0.353. The first kappa shape index (κ1) is 14.5. The van der Waals surface area contributed by atoms with Crippen LogP contribution in [-0.2, 0) is 4.79 Å². The first-order valence-electron chi connectivity index (χ1n) is 5.84. The van der Waals surface area contributed by atoms with Crippen LogP contribution in [0.25, 0.3) is 0 Å². The van der Waals surface area contributed by atoms with E-state index in [1.54, 1.807) is 7.11 Å². The number of methoxy groups -OCH3 is 1.